The zero-order chi connectivity index (χ0) is 13.0. The number of rotatable bonds is 4. The topological polar surface area (TPSA) is 84.9 Å². The highest BCUT2D eigenvalue weighted by atomic mass is 16.7. The quantitative estimate of drug-likeness (QED) is 0.769. The summed E-state index contributed by atoms with van der Waals surface area (Å²) in [7, 11) is 0. The van der Waals surface area contributed by atoms with Gasteiger partial charge in [-0.1, -0.05) is 18.2 Å². The maximum Gasteiger partial charge on any atom is 0.332 e. The molecule has 1 aromatic carbocycles. The number of amides is 1. The molecule has 18 heavy (non-hydrogen) atoms. The summed E-state index contributed by atoms with van der Waals surface area (Å²) >= 11 is 0. The lowest BCUT2D eigenvalue weighted by molar-refractivity contribution is -0.150. The monoisotopic (exact) mass is 251 g/mol. The van der Waals surface area contributed by atoms with Crippen molar-refractivity contribution in [1.29, 1.82) is 0 Å². The summed E-state index contributed by atoms with van der Waals surface area (Å²) in [6.07, 6.45) is 0.541. The number of hydrogen-bond acceptors (Lipinski definition) is 4. The lowest BCUT2D eigenvalue weighted by atomic mass is 9.93. The van der Waals surface area contributed by atoms with Gasteiger partial charge < -0.3 is 9.84 Å². The number of benzene rings is 1. The average Bonchev–Trinajstić information content (AvgIpc) is 2.37. The van der Waals surface area contributed by atoms with E-state index in [9.17, 15) is 9.59 Å². The van der Waals surface area contributed by atoms with Crippen molar-refractivity contribution in [1.82, 2.24) is 5.48 Å². The van der Waals surface area contributed by atoms with Gasteiger partial charge in [0, 0.05) is 5.56 Å². The van der Waals surface area contributed by atoms with E-state index in [1.54, 1.807) is 6.07 Å². The number of carbonyl (C=O) groups excluding carboxylic acids is 1. The SMILES string of the molecule is O=C(O)CONC(=O)C1CCOc2ccccc21. The van der Waals surface area contributed by atoms with Crippen molar-refractivity contribution >= 4 is 11.9 Å². The fraction of sp³-hybridized carbons (Fsp3) is 0.333. The number of carboxylic acids is 1. The zero-order valence-electron chi connectivity index (χ0n) is 9.59. The molecule has 96 valence electrons. The Labute approximate surface area is 103 Å². The number of aliphatic carboxylic acids is 1. The van der Waals surface area contributed by atoms with E-state index >= 15 is 0 Å². The molecule has 0 aromatic heterocycles. The first-order valence-electron chi connectivity index (χ1n) is 5.53. The number of carboxylic acid groups (broad SMARTS) is 1. The van der Waals surface area contributed by atoms with E-state index < -0.39 is 12.6 Å². The second-order valence-corrected chi connectivity index (χ2v) is 3.88. The maximum atomic E-state index is 11.9. The molecular formula is C12H13NO5. The van der Waals surface area contributed by atoms with Crippen LogP contribution in [0.2, 0.25) is 0 Å². The molecule has 0 spiro atoms. The number of carbonyl (C=O) groups is 2. The molecule has 0 saturated carbocycles. The van der Waals surface area contributed by atoms with Crippen molar-refractivity contribution in [3.63, 3.8) is 0 Å². The Morgan fingerprint density at radius 2 is 2.22 bits per heavy atom. The Morgan fingerprint density at radius 1 is 1.44 bits per heavy atom. The third-order valence-corrected chi connectivity index (χ3v) is 2.64. The van der Waals surface area contributed by atoms with Crippen LogP contribution in [0.5, 0.6) is 5.75 Å². The van der Waals surface area contributed by atoms with Crippen LogP contribution < -0.4 is 10.2 Å². The fourth-order valence-electron chi connectivity index (χ4n) is 1.85. The van der Waals surface area contributed by atoms with Gasteiger partial charge in [-0.05, 0) is 12.5 Å². The molecule has 1 unspecified atom stereocenters. The van der Waals surface area contributed by atoms with Crippen molar-refractivity contribution in [2.24, 2.45) is 0 Å². The van der Waals surface area contributed by atoms with Crippen molar-refractivity contribution in [2.45, 2.75) is 12.3 Å². The summed E-state index contributed by atoms with van der Waals surface area (Å²) < 4.78 is 5.43. The van der Waals surface area contributed by atoms with Gasteiger partial charge in [0.15, 0.2) is 6.61 Å². The van der Waals surface area contributed by atoms with Crippen molar-refractivity contribution in [3.05, 3.63) is 29.8 Å². The van der Waals surface area contributed by atoms with Gasteiger partial charge in [-0.3, -0.25) is 9.63 Å². The van der Waals surface area contributed by atoms with E-state index in [4.69, 9.17) is 9.84 Å². The second-order valence-electron chi connectivity index (χ2n) is 3.88. The number of nitrogens with one attached hydrogen (secondary N) is 1. The van der Waals surface area contributed by atoms with E-state index in [2.05, 4.69) is 10.3 Å². The zero-order valence-corrected chi connectivity index (χ0v) is 9.59. The summed E-state index contributed by atoms with van der Waals surface area (Å²) in [6.45, 7) is -0.107. The van der Waals surface area contributed by atoms with Gasteiger partial charge in [-0.15, -0.1) is 0 Å². The van der Waals surface area contributed by atoms with Gasteiger partial charge in [0.1, 0.15) is 5.75 Å². The molecule has 1 heterocycles. The lowest BCUT2D eigenvalue weighted by Gasteiger charge is -2.24. The van der Waals surface area contributed by atoms with Gasteiger partial charge in [-0.2, -0.15) is 0 Å². The minimum Gasteiger partial charge on any atom is -0.493 e. The van der Waals surface area contributed by atoms with Gasteiger partial charge in [0.25, 0.3) is 5.91 Å². The van der Waals surface area contributed by atoms with Crippen LogP contribution in [0, 0.1) is 0 Å². The highest BCUT2D eigenvalue weighted by Gasteiger charge is 2.27. The maximum absolute atomic E-state index is 11.9. The van der Waals surface area contributed by atoms with Crippen LogP contribution in [0.25, 0.3) is 0 Å². The molecule has 1 aliphatic heterocycles. The Balaban J connectivity index is 2.01. The molecule has 2 N–H and O–H groups in total. The van der Waals surface area contributed by atoms with E-state index in [1.165, 1.54) is 0 Å². The largest absolute Gasteiger partial charge is 0.493 e. The molecule has 1 atom stereocenters. The Bertz CT molecular complexity index is 460. The molecule has 1 aromatic rings. The molecular weight excluding hydrogens is 238 g/mol. The summed E-state index contributed by atoms with van der Waals surface area (Å²) in [5.74, 6) is -1.18. The van der Waals surface area contributed by atoms with Crippen LogP contribution in [0.4, 0.5) is 0 Å². The fourth-order valence-corrected chi connectivity index (χ4v) is 1.85. The predicted octanol–water partition coefficient (Wildman–Crippen LogP) is 0.685. The molecule has 0 radical (unpaired) electrons. The molecule has 0 saturated heterocycles. The number of hydroxylamine groups is 1. The minimum absolute atomic E-state index is 0.355. The minimum atomic E-state index is -1.14. The third-order valence-electron chi connectivity index (χ3n) is 2.64. The van der Waals surface area contributed by atoms with Crippen molar-refractivity contribution < 1.29 is 24.3 Å². The van der Waals surface area contributed by atoms with E-state index in [0.717, 1.165) is 5.56 Å². The first-order valence-corrected chi connectivity index (χ1v) is 5.53. The van der Waals surface area contributed by atoms with Gasteiger partial charge in [0.2, 0.25) is 0 Å². The smallest absolute Gasteiger partial charge is 0.332 e. The Morgan fingerprint density at radius 3 is 3.00 bits per heavy atom. The second kappa shape index (κ2) is 5.50. The molecule has 2 rings (SSSR count). The van der Waals surface area contributed by atoms with Crippen LogP contribution >= 0.6 is 0 Å². The predicted molar refractivity (Wildman–Crippen MR) is 61.0 cm³/mol. The van der Waals surface area contributed by atoms with Crippen LogP contribution in [0.3, 0.4) is 0 Å². The number of fused-ring (bicyclic) bond motifs is 1. The summed E-state index contributed by atoms with van der Waals surface area (Å²) in [4.78, 5) is 26.7. The highest BCUT2D eigenvalue weighted by Crippen LogP contribution is 2.33. The Kier molecular flexibility index (Phi) is 3.78. The molecule has 6 nitrogen and oxygen atoms in total. The number of ether oxygens (including phenoxy) is 1. The first-order chi connectivity index (χ1) is 8.68. The van der Waals surface area contributed by atoms with E-state index in [0.29, 0.717) is 18.8 Å². The van der Waals surface area contributed by atoms with Gasteiger partial charge >= 0.3 is 5.97 Å². The summed E-state index contributed by atoms with van der Waals surface area (Å²) in [6, 6.07) is 7.27. The van der Waals surface area contributed by atoms with Crippen LogP contribution in [0.1, 0.15) is 17.9 Å². The molecule has 0 aliphatic carbocycles. The van der Waals surface area contributed by atoms with Crippen LogP contribution in [-0.4, -0.2) is 30.2 Å². The van der Waals surface area contributed by atoms with Gasteiger partial charge in [-0.25, -0.2) is 10.3 Å². The standard InChI is InChI=1S/C12H13NO5/c14-11(15)7-18-13-12(16)9-5-6-17-10-4-2-1-3-8(9)10/h1-4,9H,5-7H2,(H,13,16)(H,14,15). The Hall–Kier alpha value is -2.08. The van der Waals surface area contributed by atoms with Crippen molar-refractivity contribution in [3.8, 4) is 5.75 Å². The lowest BCUT2D eigenvalue weighted by Crippen LogP contribution is -2.33. The number of hydrogen-bond donors (Lipinski definition) is 2. The average molecular weight is 251 g/mol. The van der Waals surface area contributed by atoms with Crippen molar-refractivity contribution in [2.75, 3.05) is 13.2 Å². The number of para-hydroxylation sites is 1. The van der Waals surface area contributed by atoms with E-state index in [1.807, 2.05) is 18.2 Å². The molecule has 0 fully saturated rings. The molecule has 0 bridgehead atoms. The normalized spacial score (nSPS) is 17.4. The van der Waals surface area contributed by atoms with E-state index in [-0.39, 0.29) is 11.8 Å². The first kappa shape index (κ1) is 12.4. The third kappa shape index (κ3) is 2.78. The highest BCUT2D eigenvalue weighted by molar-refractivity contribution is 5.84. The molecule has 6 heteroatoms. The van der Waals surface area contributed by atoms with Gasteiger partial charge in [0.05, 0.1) is 12.5 Å². The summed E-state index contributed by atoms with van der Waals surface area (Å²) in [5.41, 5.74) is 2.94. The molecule has 1 amide bonds. The molecule has 1 aliphatic rings. The van der Waals surface area contributed by atoms with Crippen LogP contribution in [-0.2, 0) is 14.4 Å². The van der Waals surface area contributed by atoms with Crippen LogP contribution in [0.15, 0.2) is 24.3 Å². The summed E-state index contributed by atoms with van der Waals surface area (Å²) in [5, 5.41) is 8.40.